The average Bonchev–Trinajstić information content (AvgIpc) is 4.24. The van der Waals surface area contributed by atoms with Crippen molar-refractivity contribution < 1.29 is 33.5 Å². The van der Waals surface area contributed by atoms with E-state index in [-0.39, 0.29) is 41.0 Å². The number of anilines is 1. The Balaban J connectivity index is 0.000000877. The number of thiazole rings is 6. The summed E-state index contributed by atoms with van der Waals surface area (Å²) in [6.45, 7) is 7.11. The lowest BCUT2D eigenvalue weighted by atomic mass is 10.1. The first-order valence-electron chi connectivity index (χ1n) is 21.9. The summed E-state index contributed by atoms with van der Waals surface area (Å²) in [6.07, 6.45) is 2.43. The minimum Gasteiger partial charge on any atom is -0.464 e. The van der Waals surface area contributed by atoms with Crippen LogP contribution in [0.15, 0.2) is 69.4 Å². The smallest absolute Gasteiger partial charge is 0.357 e. The highest BCUT2D eigenvalue weighted by atomic mass is 32.1. The van der Waals surface area contributed by atoms with Gasteiger partial charge in [-0.25, -0.2) is 39.7 Å². The molecule has 0 fully saturated rings. The molecule has 1 atom stereocenters. The molecule has 9 rings (SSSR count). The summed E-state index contributed by atoms with van der Waals surface area (Å²) < 4.78 is 4.85. The quantitative estimate of drug-likeness (QED) is 0.0819. The molecular weight excluding hydrogens is 1040 g/mol. The van der Waals surface area contributed by atoms with Crippen LogP contribution in [0.4, 0.5) is 5.13 Å². The molecule has 374 valence electrons. The Morgan fingerprint density at radius 2 is 1.33 bits per heavy atom. The molecule has 5 N–H and O–H groups in total. The number of amides is 4. The van der Waals surface area contributed by atoms with Crippen LogP contribution < -0.4 is 26.6 Å². The summed E-state index contributed by atoms with van der Waals surface area (Å²) in [5, 5.41) is 25.3. The highest BCUT2D eigenvalue weighted by Gasteiger charge is 2.25. The molecule has 4 amide bonds. The molecular formula is C47H48N12O7S6. The minimum absolute atomic E-state index is 0.0204. The van der Waals surface area contributed by atoms with Crippen LogP contribution in [0, 0.1) is 6.92 Å². The summed E-state index contributed by atoms with van der Waals surface area (Å²) in [7, 11) is 5.04. The van der Waals surface area contributed by atoms with Gasteiger partial charge >= 0.3 is 5.97 Å². The van der Waals surface area contributed by atoms with Crippen molar-refractivity contribution >= 4 is 109 Å². The summed E-state index contributed by atoms with van der Waals surface area (Å²) in [5.41, 5.74) is 4.07. The van der Waals surface area contributed by atoms with Crippen molar-refractivity contribution in [3.05, 3.63) is 113 Å². The molecule has 1 aliphatic rings. The number of hydrogen-bond donors (Lipinski definition) is 5. The molecule has 8 aromatic rings. The zero-order chi connectivity index (χ0) is 51.7. The third kappa shape index (κ3) is 14.2. The van der Waals surface area contributed by atoms with E-state index in [4.69, 9.17) is 24.5 Å². The van der Waals surface area contributed by atoms with Gasteiger partial charge in [-0.1, -0.05) is 50.6 Å². The topological polar surface area (TPSA) is 262 Å². The number of esters is 1. The molecule has 1 aromatic carbocycles. The van der Waals surface area contributed by atoms with Gasteiger partial charge in [0.25, 0.3) is 17.7 Å². The Morgan fingerprint density at radius 3 is 2.07 bits per heavy atom. The van der Waals surface area contributed by atoms with Crippen LogP contribution in [0.25, 0.3) is 43.4 Å². The molecule has 0 saturated carbocycles. The fourth-order valence-corrected chi connectivity index (χ4v) is 11.0. The van der Waals surface area contributed by atoms with E-state index in [1.54, 1.807) is 29.1 Å². The molecule has 0 spiro atoms. The summed E-state index contributed by atoms with van der Waals surface area (Å²) in [5.74, 6) is -2.56. The summed E-state index contributed by atoms with van der Waals surface area (Å²) in [6, 6.07) is 12.7. The number of carbonyl (C=O) groups excluding carboxylic acids is 6. The fraction of sp³-hybridized carbons (Fsp3) is 0.255. The Morgan fingerprint density at radius 1 is 0.708 bits per heavy atom. The second-order valence-corrected chi connectivity index (χ2v) is 20.5. The van der Waals surface area contributed by atoms with Crippen molar-refractivity contribution in [2.75, 3.05) is 33.1 Å². The zero-order valence-corrected chi connectivity index (χ0v) is 44.7. The number of pyridine rings is 1. The Labute approximate surface area is 438 Å². The highest BCUT2D eigenvalue weighted by Crippen LogP contribution is 2.38. The van der Waals surface area contributed by atoms with E-state index in [1.807, 2.05) is 61.3 Å². The number of nitrogens with zero attached hydrogens (tertiary/aromatic N) is 7. The number of benzene rings is 1. The van der Waals surface area contributed by atoms with E-state index in [2.05, 4.69) is 60.4 Å². The molecule has 10 bridgehead atoms. The van der Waals surface area contributed by atoms with Crippen molar-refractivity contribution in [3.63, 3.8) is 0 Å². The minimum atomic E-state index is -0.571. The highest BCUT2D eigenvalue weighted by molar-refractivity contribution is 7.16. The van der Waals surface area contributed by atoms with E-state index in [0.29, 0.717) is 64.7 Å². The molecule has 1 aliphatic heterocycles. The predicted molar refractivity (Wildman–Crippen MR) is 284 cm³/mol. The number of methoxy groups -OCH3 is 1. The van der Waals surface area contributed by atoms with Crippen LogP contribution in [0.2, 0.25) is 0 Å². The van der Waals surface area contributed by atoms with Gasteiger partial charge in [-0.05, 0) is 52.1 Å². The molecule has 72 heavy (non-hydrogen) atoms. The normalized spacial score (nSPS) is 13.5. The lowest BCUT2D eigenvalue weighted by Gasteiger charge is -2.17. The van der Waals surface area contributed by atoms with Crippen molar-refractivity contribution in [1.29, 1.82) is 0 Å². The van der Waals surface area contributed by atoms with Gasteiger partial charge in [-0.2, -0.15) is 0 Å². The molecule has 0 radical (unpaired) electrons. The Bertz CT molecular complexity index is 3140. The van der Waals surface area contributed by atoms with E-state index in [9.17, 15) is 24.0 Å². The van der Waals surface area contributed by atoms with Crippen LogP contribution in [0.3, 0.4) is 0 Å². The maximum absolute atomic E-state index is 13.5. The third-order valence-corrected chi connectivity index (χ3v) is 14.5. The van der Waals surface area contributed by atoms with Gasteiger partial charge in [0.1, 0.15) is 65.5 Å². The Hall–Kier alpha value is -6.87. The lowest BCUT2D eigenvalue weighted by molar-refractivity contribution is -0.120. The van der Waals surface area contributed by atoms with Gasteiger partial charge in [0.05, 0.1) is 31.9 Å². The van der Waals surface area contributed by atoms with Gasteiger partial charge in [-0.15, -0.1) is 68.0 Å². The van der Waals surface area contributed by atoms with Crippen molar-refractivity contribution in [2.24, 2.45) is 0 Å². The average molecular weight is 1090 g/mol. The number of aryl methyl sites for hydroxylation is 1. The second-order valence-electron chi connectivity index (χ2n) is 14.9. The number of ether oxygens (including phenoxy) is 1. The lowest BCUT2D eigenvalue weighted by Crippen LogP contribution is -2.39. The molecule has 19 nitrogen and oxygen atoms in total. The van der Waals surface area contributed by atoms with Crippen LogP contribution in [0.5, 0.6) is 0 Å². The number of rotatable bonds is 4. The van der Waals surface area contributed by atoms with Gasteiger partial charge in [0, 0.05) is 37.3 Å². The molecule has 25 heteroatoms. The number of hydrogen-bond acceptors (Lipinski definition) is 21. The SMILES string of the molecule is CC=O.CCC.CNC.COC(=O)c1csc(-c2ccc3c(n2)-c2csc(n2)-c2csc(n2)C(Cc2ccccc2)NC(=O)CNC(=O)c2csc(n2)CNC(=O)c2nc(sc2C)NC(=O)c2csc-3n2)n1. The van der Waals surface area contributed by atoms with Gasteiger partial charge in [0.15, 0.2) is 10.8 Å². The first-order valence-corrected chi connectivity index (χ1v) is 27.1. The monoisotopic (exact) mass is 1080 g/mol. The van der Waals surface area contributed by atoms with E-state index < -0.39 is 35.6 Å². The predicted octanol–water partition coefficient (Wildman–Crippen LogP) is 8.37. The fourth-order valence-electron chi connectivity index (χ4n) is 6.19. The van der Waals surface area contributed by atoms with Crippen LogP contribution >= 0.6 is 68.0 Å². The first kappa shape index (κ1) is 54.5. The van der Waals surface area contributed by atoms with Crippen LogP contribution in [0.1, 0.15) is 95.6 Å². The number of nitrogens with one attached hydrogen (secondary N) is 5. The van der Waals surface area contributed by atoms with Crippen LogP contribution in [-0.2, 0) is 27.3 Å². The maximum Gasteiger partial charge on any atom is 0.357 e. The largest absolute Gasteiger partial charge is 0.464 e. The Kier molecular flexibility index (Phi) is 20.1. The van der Waals surface area contributed by atoms with Crippen molar-refractivity contribution in [3.8, 4) is 43.4 Å². The van der Waals surface area contributed by atoms with Crippen molar-refractivity contribution in [1.82, 2.24) is 56.2 Å². The van der Waals surface area contributed by atoms with Crippen molar-refractivity contribution in [2.45, 2.75) is 53.1 Å². The maximum atomic E-state index is 13.5. The van der Waals surface area contributed by atoms with Gasteiger partial charge in [-0.3, -0.25) is 24.5 Å². The van der Waals surface area contributed by atoms with Gasteiger partial charge < -0.3 is 30.8 Å². The number of aromatic nitrogens is 7. The number of aldehydes is 1. The molecule has 1 unspecified atom stereocenters. The summed E-state index contributed by atoms with van der Waals surface area (Å²) in [4.78, 5) is 108. The first-order chi connectivity index (χ1) is 34.8. The van der Waals surface area contributed by atoms with E-state index >= 15 is 0 Å². The third-order valence-electron chi connectivity index (χ3n) is 9.21. The second kappa shape index (κ2) is 26.5. The van der Waals surface area contributed by atoms with Crippen LogP contribution in [-0.4, -0.2) is 98.5 Å². The molecule has 8 heterocycles. The standard InChI is InChI=1S/C40H29N11O6S6.C3H8.C2H7N.C2H4O/c1-18-30-34(55)42-12-29-44-24(14-58-29)32(53)41-11-28(52)43-22(10-19-6-4-3-5-7-19)37-48-26(16-61-37)38-46-23(13-60-38)31-20(35-47-25(15-59-35)33(54)51-40(50-30)63-18)8-9-21(45-31)36-49-27(17-62-36)39(56)57-2;2*1-3-2;1-2-3/h3-9,13-17,22H,10-12H2,1-2H3,(H,41,53)(H,42,55)(H,43,52)(H,50,51,54);3H2,1-2H3;3H,1-2H3;2H,1H3. The molecule has 0 saturated heterocycles. The van der Waals surface area contributed by atoms with E-state index in [1.165, 1.54) is 77.1 Å². The summed E-state index contributed by atoms with van der Waals surface area (Å²) >= 11 is 7.51. The molecule has 0 aliphatic carbocycles. The van der Waals surface area contributed by atoms with E-state index in [0.717, 1.165) is 23.2 Å². The zero-order valence-electron chi connectivity index (χ0n) is 39.8. The molecule has 7 aromatic heterocycles. The number of carbonyl (C=O) groups is 6. The number of fused-ring (bicyclic) bond motifs is 14. The van der Waals surface area contributed by atoms with Gasteiger partial charge in [0.2, 0.25) is 5.91 Å².